The molecule has 1 saturated carbocycles. The molecule has 0 unspecified atom stereocenters. The second kappa shape index (κ2) is 9.17. The van der Waals surface area contributed by atoms with Gasteiger partial charge in [-0.2, -0.15) is 0 Å². The number of H-pyrrole nitrogens is 1. The first-order valence-corrected chi connectivity index (χ1v) is 12.2. The quantitative estimate of drug-likeness (QED) is 0.617. The van der Waals surface area contributed by atoms with Crippen molar-refractivity contribution in [3.8, 4) is 17.1 Å². The van der Waals surface area contributed by atoms with Gasteiger partial charge in [-0.1, -0.05) is 19.3 Å². The third-order valence-corrected chi connectivity index (χ3v) is 7.37. The van der Waals surface area contributed by atoms with Crippen LogP contribution in [0.2, 0.25) is 0 Å². The van der Waals surface area contributed by atoms with Gasteiger partial charge in [0.1, 0.15) is 17.4 Å². The summed E-state index contributed by atoms with van der Waals surface area (Å²) in [5.41, 5.74) is 3.16. The summed E-state index contributed by atoms with van der Waals surface area (Å²) in [6.07, 6.45) is 8.06. The third kappa shape index (κ3) is 4.12. The number of aromatic nitrogens is 4. The number of nitrogens with zero attached hydrogens (tertiary/aromatic N) is 4. The number of aryl methyl sites for hydroxylation is 1. The largest absolute Gasteiger partial charge is 0.496 e. The zero-order valence-electron chi connectivity index (χ0n) is 19.9. The van der Waals surface area contributed by atoms with Crippen molar-refractivity contribution in [2.75, 3.05) is 32.1 Å². The molecule has 0 bridgehead atoms. The SMILES string of the molecule is CNC1CCN(c2ccc(-c3nc4c(C)nc(C5CCCCC5)n4c(=O)[nH]3)c(OC)c2)CC1. The lowest BCUT2D eigenvalue weighted by Gasteiger charge is -2.33. The van der Waals surface area contributed by atoms with Crippen LogP contribution in [0, 0.1) is 6.92 Å². The number of aromatic amines is 1. The fourth-order valence-electron chi connectivity index (χ4n) is 5.43. The highest BCUT2D eigenvalue weighted by molar-refractivity contribution is 5.70. The topological polar surface area (TPSA) is 87.5 Å². The Hall–Kier alpha value is -2.87. The molecule has 0 amide bonds. The van der Waals surface area contributed by atoms with Crippen molar-refractivity contribution >= 4 is 11.3 Å². The molecule has 3 aromatic rings. The van der Waals surface area contributed by atoms with Gasteiger partial charge >= 0.3 is 5.69 Å². The summed E-state index contributed by atoms with van der Waals surface area (Å²) in [7, 11) is 3.70. The minimum atomic E-state index is -0.184. The van der Waals surface area contributed by atoms with E-state index in [0.29, 0.717) is 29.2 Å². The average molecular weight is 451 g/mol. The minimum absolute atomic E-state index is 0.184. The molecule has 2 aromatic heterocycles. The maximum absolute atomic E-state index is 13.2. The molecule has 1 aliphatic carbocycles. The number of benzene rings is 1. The Kier molecular flexibility index (Phi) is 6.10. The van der Waals surface area contributed by atoms with Gasteiger partial charge < -0.3 is 15.0 Å². The molecule has 33 heavy (non-hydrogen) atoms. The van der Waals surface area contributed by atoms with Crippen molar-refractivity contribution in [2.24, 2.45) is 0 Å². The van der Waals surface area contributed by atoms with Gasteiger partial charge in [0.15, 0.2) is 5.65 Å². The number of hydrogen-bond acceptors (Lipinski definition) is 6. The molecule has 1 saturated heterocycles. The number of nitrogens with one attached hydrogen (secondary N) is 2. The number of anilines is 1. The highest BCUT2D eigenvalue weighted by Gasteiger charge is 2.24. The van der Waals surface area contributed by atoms with E-state index in [0.717, 1.165) is 61.5 Å². The third-order valence-electron chi connectivity index (χ3n) is 7.37. The van der Waals surface area contributed by atoms with E-state index in [-0.39, 0.29) is 5.69 Å². The van der Waals surface area contributed by atoms with E-state index in [4.69, 9.17) is 14.7 Å². The van der Waals surface area contributed by atoms with Crippen molar-refractivity contribution in [3.05, 3.63) is 40.2 Å². The zero-order valence-corrected chi connectivity index (χ0v) is 19.9. The summed E-state index contributed by atoms with van der Waals surface area (Å²) in [4.78, 5) is 28.2. The number of piperidine rings is 1. The summed E-state index contributed by atoms with van der Waals surface area (Å²) in [5.74, 6) is 2.41. The van der Waals surface area contributed by atoms with Gasteiger partial charge in [0.25, 0.3) is 0 Å². The smallest absolute Gasteiger partial charge is 0.334 e. The molecule has 2 aliphatic rings. The maximum Gasteiger partial charge on any atom is 0.334 e. The standard InChI is InChI=1S/C25H34N6O2/c1-16-23-28-22(29-25(32)31(23)24(27-16)17-7-5-4-6-8-17)20-10-9-19(15-21(20)33-3)30-13-11-18(26-2)12-14-30/h9-10,15,17-18,26H,4-8,11-14H2,1-3H3,(H,28,29,32). The lowest BCUT2D eigenvalue weighted by Crippen LogP contribution is -2.41. The molecule has 5 rings (SSSR count). The molecular formula is C25H34N6O2. The van der Waals surface area contributed by atoms with Crippen LogP contribution in [-0.4, -0.2) is 52.6 Å². The lowest BCUT2D eigenvalue weighted by molar-refractivity contribution is 0.414. The molecular weight excluding hydrogens is 416 g/mol. The molecule has 1 aromatic carbocycles. The van der Waals surface area contributed by atoms with Crippen LogP contribution >= 0.6 is 0 Å². The molecule has 0 radical (unpaired) electrons. The van der Waals surface area contributed by atoms with Gasteiger partial charge in [-0.05, 0) is 51.8 Å². The number of rotatable bonds is 5. The molecule has 176 valence electrons. The van der Waals surface area contributed by atoms with E-state index in [1.807, 2.05) is 20.0 Å². The highest BCUT2D eigenvalue weighted by atomic mass is 16.5. The van der Waals surface area contributed by atoms with Crippen molar-refractivity contribution in [2.45, 2.75) is 63.8 Å². The maximum atomic E-state index is 13.2. The van der Waals surface area contributed by atoms with Crippen LogP contribution in [0.4, 0.5) is 5.69 Å². The number of imidazole rings is 1. The van der Waals surface area contributed by atoms with Crippen LogP contribution in [0.15, 0.2) is 23.0 Å². The van der Waals surface area contributed by atoms with Crippen molar-refractivity contribution < 1.29 is 4.74 Å². The van der Waals surface area contributed by atoms with Crippen LogP contribution in [0.1, 0.15) is 62.4 Å². The summed E-state index contributed by atoms with van der Waals surface area (Å²) in [5, 5.41) is 3.38. The Balaban J connectivity index is 1.50. The number of ether oxygens (including phenoxy) is 1. The van der Waals surface area contributed by atoms with Crippen LogP contribution in [0.25, 0.3) is 17.0 Å². The van der Waals surface area contributed by atoms with E-state index < -0.39 is 0 Å². The predicted octanol–water partition coefficient (Wildman–Crippen LogP) is 3.64. The highest BCUT2D eigenvalue weighted by Crippen LogP contribution is 2.35. The van der Waals surface area contributed by atoms with Gasteiger partial charge in [-0.25, -0.2) is 19.2 Å². The van der Waals surface area contributed by atoms with Crippen molar-refractivity contribution in [1.82, 2.24) is 24.7 Å². The number of methoxy groups -OCH3 is 1. The number of fused-ring (bicyclic) bond motifs is 1. The second-order valence-corrected chi connectivity index (χ2v) is 9.37. The first-order valence-electron chi connectivity index (χ1n) is 12.2. The predicted molar refractivity (Wildman–Crippen MR) is 130 cm³/mol. The van der Waals surface area contributed by atoms with Crippen LogP contribution < -0.4 is 20.6 Å². The van der Waals surface area contributed by atoms with Crippen LogP contribution in [0.3, 0.4) is 0 Å². The van der Waals surface area contributed by atoms with E-state index >= 15 is 0 Å². The van der Waals surface area contributed by atoms with E-state index in [2.05, 4.69) is 27.3 Å². The molecule has 3 heterocycles. The fourth-order valence-corrected chi connectivity index (χ4v) is 5.43. The van der Waals surface area contributed by atoms with E-state index in [1.165, 1.54) is 19.3 Å². The first-order chi connectivity index (χ1) is 16.1. The molecule has 8 nitrogen and oxygen atoms in total. The second-order valence-electron chi connectivity index (χ2n) is 9.37. The Morgan fingerprint density at radius 3 is 2.55 bits per heavy atom. The van der Waals surface area contributed by atoms with E-state index in [1.54, 1.807) is 11.5 Å². The van der Waals surface area contributed by atoms with Crippen molar-refractivity contribution in [1.29, 1.82) is 0 Å². The normalized spacial score (nSPS) is 18.2. The Bertz CT molecular complexity index is 1190. The summed E-state index contributed by atoms with van der Waals surface area (Å²) >= 11 is 0. The molecule has 0 spiro atoms. The molecule has 1 aliphatic heterocycles. The number of hydrogen-bond donors (Lipinski definition) is 2. The van der Waals surface area contributed by atoms with Gasteiger partial charge in [0.2, 0.25) is 0 Å². The monoisotopic (exact) mass is 450 g/mol. The molecule has 8 heteroatoms. The molecule has 2 fully saturated rings. The summed E-state index contributed by atoms with van der Waals surface area (Å²) in [6, 6.07) is 6.73. The van der Waals surface area contributed by atoms with Crippen LogP contribution in [0.5, 0.6) is 5.75 Å². The van der Waals surface area contributed by atoms with E-state index in [9.17, 15) is 4.79 Å². The molecule has 2 N–H and O–H groups in total. The van der Waals surface area contributed by atoms with Gasteiger partial charge in [-0.3, -0.25) is 4.98 Å². The lowest BCUT2D eigenvalue weighted by atomic mass is 9.89. The summed E-state index contributed by atoms with van der Waals surface area (Å²) < 4.78 is 7.41. The summed E-state index contributed by atoms with van der Waals surface area (Å²) in [6.45, 7) is 3.95. The Morgan fingerprint density at radius 2 is 1.85 bits per heavy atom. The fraction of sp³-hybridized carbons (Fsp3) is 0.560. The van der Waals surface area contributed by atoms with Gasteiger partial charge in [0.05, 0.1) is 18.4 Å². The Morgan fingerprint density at radius 1 is 1.09 bits per heavy atom. The van der Waals surface area contributed by atoms with Crippen molar-refractivity contribution in [3.63, 3.8) is 0 Å². The zero-order chi connectivity index (χ0) is 22.9. The minimum Gasteiger partial charge on any atom is -0.496 e. The van der Waals surface area contributed by atoms with Gasteiger partial charge in [0, 0.05) is 36.8 Å². The van der Waals surface area contributed by atoms with Crippen LogP contribution in [-0.2, 0) is 0 Å². The molecule has 0 atom stereocenters. The average Bonchev–Trinajstić information content (AvgIpc) is 3.21. The first kappa shape index (κ1) is 21.9. The van der Waals surface area contributed by atoms with Gasteiger partial charge in [-0.15, -0.1) is 0 Å². The Labute approximate surface area is 194 Å².